The fourth-order valence-corrected chi connectivity index (χ4v) is 0. The number of halogens is 1. The van der Waals surface area contributed by atoms with Crippen LogP contribution in [-0.2, 0) is 17.4 Å². The second kappa shape index (κ2) is 17.6. The van der Waals surface area contributed by atoms with E-state index in [1.807, 2.05) is 26.0 Å². The van der Waals surface area contributed by atoms with Gasteiger partial charge in [0.15, 0.2) is 0 Å². The molecular weight excluding hydrogens is 135 g/mol. The summed E-state index contributed by atoms with van der Waals surface area (Å²) in [5.41, 5.74) is 0. The van der Waals surface area contributed by atoms with Crippen LogP contribution < -0.4 is 12.4 Å². The fourth-order valence-electron chi connectivity index (χ4n) is 0. The molecule has 2 heteroatoms. The summed E-state index contributed by atoms with van der Waals surface area (Å²) in [5, 5.41) is 0. The van der Waals surface area contributed by atoms with E-state index in [0.29, 0.717) is 0 Å². The molecule has 0 radical (unpaired) electrons. The van der Waals surface area contributed by atoms with Gasteiger partial charge in [-0.1, -0.05) is 12.2 Å². The quantitative estimate of drug-likeness (QED) is 0.366. The Hall–Kier alpha value is 0.562. The van der Waals surface area contributed by atoms with Gasteiger partial charge in [0.05, 0.1) is 0 Å². The van der Waals surface area contributed by atoms with Crippen LogP contribution >= 0.6 is 0 Å². The second-order valence-electron chi connectivity index (χ2n) is 0.667. The molecule has 0 N–H and O–H groups in total. The van der Waals surface area contributed by atoms with Crippen LogP contribution in [0.15, 0.2) is 12.2 Å². The predicted octanol–water partition coefficient (Wildman–Crippen LogP) is -1.42. The molecule has 0 aromatic rings. The molecule has 0 nitrogen and oxygen atoms in total. The minimum Gasteiger partial charge on any atom is -1.00 e. The molecule has 0 aromatic heterocycles. The van der Waals surface area contributed by atoms with Crippen molar-refractivity contribution in [2.75, 3.05) is 0 Å². The van der Waals surface area contributed by atoms with Gasteiger partial charge in [0.25, 0.3) is 0 Å². The van der Waals surface area contributed by atoms with E-state index in [1.54, 1.807) is 0 Å². The number of rotatable bonds is 0. The molecule has 0 rings (SSSR count). The number of hydrogen-bond acceptors (Lipinski definition) is 0. The fraction of sp³-hybridized carbons (Fsp3) is 0.500. The van der Waals surface area contributed by atoms with Gasteiger partial charge in [-0.25, -0.2) is 0 Å². The third kappa shape index (κ3) is 23.7. The molecule has 0 aliphatic rings. The molecule has 0 aliphatic carbocycles. The molecule has 0 atom stereocenters. The molecule has 0 unspecified atom stereocenters. The molecule has 0 fully saturated rings. The van der Waals surface area contributed by atoms with E-state index < -0.39 is 0 Å². The molecule has 0 saturated heterocycles. The van der Waals surface area contributed by atoms with Crippen molar-refractivity contribution >= 4 is 0 Å². The van der Waals surface area contributed by atoms with Gasteiger partial charge in [0.2, 0.25) is 0 Å². The van der Waals surface area contributed by atoms with E-state index in [1.165, 1.54) is 0 Å². The van der Waals surface area contributed by atoms with Crippen molar-refractivity contribution in [2.45, 2.75) is 13.8 Å². The van der Waals surface area contributed by atoms with Crippen LogP contribution in [0, 0.1) is 0 Å². The monoisotopic (exact) mass is 143 g/mol. The van der Waals surface area contributed by atoms with Crippen molar-refractivity contribution in [3.8, 4) is 0 Å². The van der Waals surface area contributed by atoms with Gasteiger partial charge >= 0.3 is 0 Å². The molecule has 0 amide bonds. The molecule has 0 spiro atoms. The van der Waals surface area contributed by atoms with E-state index in [9.17, 15) is 0 Å². The first-order valence-electron chi connectivity index (χ1n) is 1.49. The summed E-state index contributed by atoms with van der Waals surface area (Å²) in [6, 6.07) is 0. The molecule has 38 valence electrons. The van der Waals surface area contributed by atoms with Crippen molar-refractivity contribution in [3.63, 3.8) is 0 Å². The Morgan fingerprint density at radius 1 is 1.00 bits per heavy atom. The maximum Gasteiger partial charge on any atom is 0 e. The number of allylic oxidation sites excluding steroid dienone is 2. The Labute approximate surface area is 56.2 Å². The standard InChI is InChI=1S/C4H8.ClH.Cr/c1-3-4-2;;/h3-4H,1-2H3;1H;/p-1/b4-3+;;. The summed E-state index contributed by atoms with van der Waals surface area (Å²) in [6.45, 7) is 4.00. The van der Waals surface area contributed by atoms with Crippen LogP contribution in [0.25, 0.3) is 0 Å². The van der Waals surface area contributed by atoms with Gasteiger partial charge in [-0.05, 0) is 13.8 Å². The van der Waals surface area contributed by atoms with E-state index >= 15 is 0 Å². The zero-order valence-corrected chi connectivity index (χ0v) is 5.97. The molecular formula is C4H8ClCr-. The molecule has 6 heavy (non-hydrogen) atoms. The summed E-state index contributed by atoms with van der Waals surface area (Å²) in [4.78, 5) is 0. The minimum absolute atomic E-state index is 0. The zero-order chi connectivity index (χ0) is 3.41. The SMILES string of the molecule is C/C=C/C.[Cl-].[Cr]. The van der Waals surface area contributed by atoms with Gasteiger partial charge in [0, 0.05) is 17.4 Å². The van der Waals surface area contributed by atoms with Gasteiger partial charge < -0.3 is 12.4 Å². The Kier molecular flexibility index (Phi) is 47.0. The third-order valence-electron chi connectivity index (χ3n) is 0.333. The summed E-state index contributed by atoms with van der Waals surface area (Å²) in [6.07, 6.45) is 4.00. The topological polar surface area (TPSA) is 0 Å². The van der Waals surface area contributed by atoms with E-state index in [0.717, 1.165) is 0 Å². The first-order chi connectivity index (χ1) is 1.91. The van der Waals surface area contributed by atoms with E-state index in [-0.39, 0.29) is 29.8 Å². The smallest absolute Gasteiger partial charge is 0 e. The maximum absolute atomic E-state index is 2.00. The summed E-state index contributed by atoms with van der Waals surface area (Å²) in [5.74, 6) is 0. The van der Waals surface area contributed by atoms with Crippen molar-refractivity contribution in [3.05, 3.63) is 12.2 Å². The van der Waals surface area contributed by atoms with Gasteiger partial charge in [-0.15, -0.1) is 0 Å². The predicted molar refractivity (Wildman–Crippen MR) is 20.5 cm³/mol. The van der Waals surface area contributed by atoms with Crippen LogP contribution in [0.2, 0.25) is 0 Å². The van der Waals surface area contributed by atoms with Gasteiger partial charge in [-0.2, -0.15) is 0 Å². The Bertz CT molecular complexity index is 22.7. The molecule has 0 aliphatic heterocycles. The summed E-state index contributed by atoms with van der Waals surface area (Å²) in [7, 11) is 0. The van der Waals surface area contributed by atoms with Crippen molar-refractivity contribution in [1.29, 1.82) is 0 Å². The maximum atomic E-state index is 2.00. The van der Waals surface area contributed by atoms with Crippen molar-refractivity contribution in [2.24, 2.45) is 0 Å². The Morgan fingerprint density at radius 3 is 1.17 bits per heavy atom. The molecule has 0 bridgehead atoms. The van der Waals surface area contributed by atoms with Crippen molar-refractivity contribution < 1.29 is 29.8 Å². The van der Waals surface area contributed by atoms with Crippen LogP contribution in [0.5, 0.6) is 0 Å². The van der Waals surface area contributed by atoms with E-state index in [4.69, 9.17) is 0 Å². The number of hydrogen-bond donors (Lipinski definition) is 0. The van der Waals surface area contributed by atoms with Gasteiger partial charge in [-0.3, -0.25) is 0 Å². The Balaban J connectivity index is -0.0000000450. The summed E-state index contributed by atoms with van der Waals surface area (Å²) < 4.78 is 0. The molecule has 0 aromatic carbocycles. The molecule has 0 heterocycles. The summed E-state index contributed by atoms with van der Waals surface area (Å²) >= 11 is 0. The Morgan fingerprint density at radius 2 is 1.17 bits per heavy atom. The molecule has 0 saturated carbocycles. The average Bonchev–Trinajstić information content (AvgIpc) is 1.37. The van der Waals surface area contributed by atoms with E-state index in [2.05, 4.69) is 0 Å². The zero-order valence-electron chi connectivity index (χ0n) is 3.94. The second-order valence-corrected chi connectivity index (χ2v) is 0.667. The van der Waals surface area contributed by atoms with Crippen LogP contribution in [0.3, 0.4) is 0 Å². The van der Waals surface area contributed by atoms with Gasteiger partial charge in [0.1, 0.15) is 0 Å². The minimum atomic E-state index is 0. The van der Waals surface area contributed by atoms with Crippen LogP contribution in [-0.4, -0.2) is 0 Å². The third-order valence-corrected chi connectivity index (χ3v) is 0.333. The normalized spacial score (nSPS) is 6.33. The first kappa shape index (κ1) is 16.0. The average molecular weight is 144 g/mol. The first-order valence-corrected chi connectivity index (χ1v) is 1.49. The largest absolute Gasteiger partial charge is 1.00 e. The van der Waals surface area contributed by atoms with Crippen LogP contribution in [0.4, 0.5) is 0 Å². The van der Waals surface area contributed by atoms with Crippen LogP contribution in [0.1, 0.15) is 13.8 Å². The van der Waals surface area contributed by atoms with Crippen molar-refractivity contribution in [1.82, 2.24) is 0 Å².